The number of hydrogen-bond donors (Lipinski definition) is 1. The second-order valence-electron chi connectivity index (χ2n) is 7.38. The Morgan fingerprint density at radius 1 is 1.07 bits per heavy atom. The fourth-order valence-electron chi connectivity index (χ4n) is 3.49. The second-order valence-corrected chi connectivity index (χ2v) is 7.82. The van der Waals surface area contributed by atoms with E-state index in [1.165, 1.54) is 0 Å². The first-order valence-corrected chi connectivity index (χ1v) is 9.95. The Bertz CT molecular complexity index is 949. The van der Waals surface area contributed by atoms with E-state index in [0.717, 1.165) is 22.7 Å². The number of carbonyl (C=O) groups excluding carboxylic acids is 1. The van der Waals surface area contributed by atoms with Crippen molar-refractivity contribution in [1.82, 2.24) is 14.9 Å². The van der Waals surface area contributed by atoms with Gasteiger partial charge in [-0.1, -0.05) is 49.7 Å². The fourth-order valence-corrected chi connectivity index (χ4v) is 3.62. The number of aromatic nitrogens is 2. The van der Waals surface area contributed by atoms with Gasteiger partial charge in [-0.25, -0.2) is 4.98 Å². The van der Waals surface area contributed by atoms with Crippen molar-refractivity contribution in [1.29, 1.82) is 0 Å². The minimum Gasteiger partial charge on any atom is -0.497 e. The number of methoxy groups -OCH3 is 1. The number of nitrogens with zero attached hydrogens (tertiary/aromatic N) is 2. The number of amides is 1. The second kappa shape index (κ2) is 9.14. The first-order valence-electron chi connectivity index (χ1n) is 9.57. The molecule has 1 heterocycles. The number of aryl methyl sites for hydroxylation is 1. The van der Waals surface area contributed by atoms with Crippen LogP contribution in [0.25, 0.3) is 0 Å². The van der Waals surface area contributed by atoms with Crippen LogP contribution >= 0.6 is 11.6 Å². The van der Waals surface area contributed by atoms with Gasteiger partial charge in [-0.3, -0.25) is 4.79 Å². The van der Waals surface area contributed by atoms with Crippen molar-refractivity contribution >= 4 is 17.5 Å². The molecule has 0 aliphatic heterocycles. The first-order chi connectivity index (χ1) is 13.9. The molecular weight excluding hydrogens is 386 g/mol. The van der Waals surface area contributed by atoms with Gasteiger partial charge in [-0.15, -0.1) is 0 Å². The van der Waals surface area contributed by atoms with E-state index in [1.807, 2.05) is 80.2 Å². The number of hydrogen-bond acceptors (Lipinski definition) is 3. The van der Waals surface area contributed by atoms with Crippen LogP contribution in [0.3, 0.4) is 0 Å². The minimum absolute atomic E-state index is 0.0499. The molecule has 0 fully saturated rings. The highest BCUT2D eigenvalue weighted by Gasteiger charge is 2.28. The van der Waals surface area contributed by atoms with Crippen molar-refractivity contribution in [2.45, 2.75) is 25.8 Å². The molecule has 1 aromatic heterocycles. The summed E-state index contributed by atoms with van der Waals surface area (Å²) in [5.41, 5.74) is 1.88. The summed E-state index contributed by atoms with van der Waals surface area (Å²) < 4.78 is 7.18. The van der Waals surface area contributed by atoms with E-state index < -0.39 is 0 Å². The number of halogens is 1. The van der Waals surface area contributed by atoms with Gasteiger partial charge < -0.3 is 14.6 Å². The Morgan fingerprint density at radius 2 is 1.69 bits per heavy atom. The van der Waals surface area contributed by atoms with Gasteiger partial charge in [0.15, 0.2) is 0 Å². The van der Waals surface area contributed by atoms with E-state index >= 15 is 0 Å². The molecule has 1 amide bonds. The molecule has 2 aromatic carbocycles. The molecule has 0 spiro atoms. The van der Waals surface area contributed by atoms with Gasteiger partial charge in [0.1, 0.15) is 17.6 Å². The van der Waals surface area contributed by atoms with Crippen molar-refractivity contribution in [3.63, 3.8) is 0 Å². The molecule has 152 valence electrons. The summed E-state index contributed by atoms with van der Waals surface area (Å²) in [6.07, 6.45) is 3.61. The maximum absolute atomic E-state index is 13.4. The summed E-state index contributed by atoms with van der Waals surface area (Å²) in [4.78, 5) is 17.9. The summed E-state index contributed by atoms with van der Waals surface area (Å²) >= 11 is 6.03. The van der Waals surface area contributed by atoms with E-state index in [2.05, 4.69) is 10.3 Å². The number of rotatable bonds is 7. The van der Waals surface area contributed by atoms with E-state index in [0.29, 0.717) is 5.02 Å². The average molecular weight is 412 g/mol. The first kappa shape index (κ1) is 20.9. The van der Waals surface area contributed by atoms with Gasteiger partial charge in [-0.05, 0) is 41.3 Å². The van der Waals surface area contributed by atoms with Gasteiger partial charge in [0.25, 0.3) is 0 Å². The Kier molecular flexibility index (Phi) is 6.60. The van der Waals surface area contributed by atoms with Crippen molar-refractivity contribution in [2.24, 2.45) is 13.0 Å². The molecule has 0 aliphatic carbocycles. The monoisotopic (exact) mass is 411 g/mol. The van der Waals surface area contributed by atoms with Crippen molar-refractivity contribution in [3.05, 3.63) is 82.9 Å². The molecule has 1 N–H and O–H groups in total. The summed E-state index contributed by atoms with van der Waals surface area (Å²) in [7, 11) is 3.55. The van der Waals surface area contributed by atoms with Crippen LogP contribution in [0, 0.1) is 5.92 Å². The molecule has 29 heavy (non-hydrogen) atoms. The highest BCUT2D eigenvalue weighted by atomic mass is 35.5. The zero-order chi connectivity index (χ0) is 21.0. The molecule has 0 radical (unpaired) electrons. The molecule has 5 nitrogen and oxygen atoms in total. The van der Waals surface area contributed by atoms with Gasteiger partial charge in [0.2, 0.25) is 5.91 Å². The fraction of sp³-hybridized carbons (Fsp3) is 0.304. The van der Waals surface area contributed by atoms with Crippen LogP contribution in [0.1, 0.15) is 42.8 Å². The van der Waals surface area contributed by atoms with Crippen molar-refractivity contribution in [2.75, 3.05) is 7.11 Å². The topological polar surface area (TPSA) is 56.1 Å². The van der Waals surface area contributed by atoms with Crippen LogP contribution in [0.5, 0.6) is 5.75 Å². The van der Waals surface area contributed by atoms with Crippen LogP contribution in [-0.2, 0) is 11.8 Å². The van der Waals surface area contributed by atoms with E-state index in [1.54, 1.807) is 13.3 Å². The molecule has 2 atom stereocenters. The highest BCUT2D eigenvalue weighted by Crippen LogP contribution is 2.29. The Labute approximate surface area is 176 Å². The maximum Gasteiger partial charge on any atom is 0.228 e. The van der Waals surface area contributed by atoms with Gasteiger partial charge in [-0.2, -0.15) is 0 Å². The van der Waals surface area contributed by atoms with Gasteiger partial charge >= 0.3 is 0 Å². The van der Waals surface area contributed by atoms with E-state index in [9.17, 15) is 4.79 Å². The van der Waals surface area contributed by atoms with Gasteiger partial charge in [0.05, 0.1) is 13.0 Å². The molecule has 0 saturated carbocycles. The molecular formula is C23H26ClN3O2. The summed E-state index contributed by atoms with van der Waals surface area (Å²) in [5.74, 6) is 1.30. The molecule has 0 saturated heterocycles. The van der Waals surface area contributed by atoms with Crippen LogP contribution in [0.4, 0.5) is 0 Å². The predicted octanol–water partition coefficient (Wildman–Crippen LogP) is 4.73. The highest BCUT2D eigenvalue weighted by molar-refractivity contribution is 6.30. The minimum atomic E-state index is -0.373. The van der Waals surface area contributed by atoms with Crippen LogP contribution in [0.2, 0.25) is 5.02 Å². The molecule has 6 heteroatoms. The third kappa shape index (κ3) is 4.80. The lowest BCUT2D eigenvalue weighted by Gasteiger charge is -2.25. The smallest absolute Gasteiger partial charge is 0.228 e. The zero-order valence-corrected chi connectivity index (χ0v) is 17.9. The summed E-state index contributed by atoms with van der Waals surface area (Å²) in [6.45, 7) is 4.09. The average Bonchev–Trinajstić information content (AvgIpc) is 3.13. The third-order valence-electron chi connectivity index (χ3n) is 5.03. The van der Waals surface area contributed by atoms with Crippen molar-refractivity contribution < 1.29 is 9.53 Å². The summed E-state index contributed by atoms with van der Waals surface area (Å²) in [5, 5.41) is 3.87. The zero-order valence-electron chi connectivity index (χ0n) is 17.1. The number of imidazole rings is 1. The Balaban J connectivity index is 1.94. The lowest BCUT2D eigenvalue weighted by atomic mass is 9.87. The molecule has 3 aromatic rings. The number of carbonyl (C=O) groups is 1. The van der Waals surface area contributed by atoms with E-state index in [-0.39, 0.29) is 23.8 Å². The SMILES string of the molecule is COc1ccc([C@@H](NC(=O)[C@@H](c2ccc(Cl)cc2)C(C)C)c2nccn2C)cc1. The van der Waals surface area contributed by atoms with Gasteiger partial charge in [0, 0.05) is 24.5 Å². The molecule has 3 rings (SSSR count). The predicted molar refractivity (Wildman–Crippen MR) is 115 cm³/mol. The van der Waals surface area contributed by atoms with Crippen LogP contribution in [0.15, 0.2) is 60.9 Å². The van der Waals surface area contributed by atoms with Crippen LogP contribution < -0.4 is 10.1 Å². The standard InChI is InChI=1S/C23H26ClN3O2/c1-15(2)20(16-5-9-18(24)10-6-16)23(28)26-21(22-25-13-14-27(22)3)17-7-11-19(29-4)12-8-17/h5-15,20-21H,1-4H3,(H,26,28)/t20-,21-/m1/s1. The summed E-state index contributed by atoms with van der Waals surface area (Å²) in [6, 6.07) is 14.8. The quantitative estimate of drug-likeness (QED) is 0.611. The molecule has 0 unspecified atom stereocenters. The normalized spacial score (nSPS) is 13.2. The molecule has 0 bridgehead atoms. The Morgan fingerprint density at radius 3 is 2.21 bits per heavy atom. The Hall–Kier alpha value is -2.79. The van der Waals surface area contributed by atoms with E-state index in [4.69, 9.17) is 16.3 Å². The maximum atomic E-state index is 13.4. The molecule has 0 aliphatic rings. The lowest BCUT2D eigenvalue weighted by Crippen LogP contribution is -2.36. The number of nitrogens with one attached hydrogen (secondary N) is 1. The third-order valence-corrected chi connectivity index (χ3v) is 5.28. The number of benzene rings is 2. The largest absolute Gasteiger partial charge is 0.497 e. The number of ether oxygens (including phenoxy) is 1. The lowest BCUT2D eigenvalue weighted by molar-refractivity contribution is -0.124. The van der Waals surface area contributed by atoms with Crippen LogP contribution in [-0.4, -0.2) is 22.6 Å². The van der Waals surface area contributed by atoms with Crippen molar-refractivity contribution in [3.8, 4) is 5.75 Å².